The molecule has 3 aromatic rings. The van der Waals surface area contributed by atoms with Gasteiger partial charge < -0.3 is 4.98 Å². The van der Waals surface area contributed by atoms with Crippen LogP contribution in [0.3, 0.4) is 0 Å². The number of hydrogen-bond donors (Lipinski definition) is 1. The summed E-state index contributed by atoms with van der Waals surface area (Å²) in [6.07, 6.45) is 1.71. The van der Waals surface area contributed by atoms with E-state index in [1.54, 1.807) is 18.3 Å². The third-order valence-electron chi connectivity index (χ3n) is 3.49. The minimum absolute atomic E-state index is 0.0237. The van der Waals surface area contributed by atoms with Crippen molar-refractivity contribution in [3.8, 4) is 6.07 Å². The van der Waals surface area contributed by atoms with Crippen molar-refractivity contribution >= 4 is 39.3 Å². The number of nitrogens with zero attached hydrogens (tertiary/aromatic N) is 1. The second kappa shape index (κ2) is 5.34. The van der Waals surface area contributed by atoms with Crippen molar-refractivity contribution < 1.29 is 4.79 Å². The fourth-order valence-electron chi connectivity index (χ4n) is 2.35. The molecule has 21 heavy (non-hydrogen) atoms. The van der Waals surface area contributed by atoms with Crippen LogP contribution >= 0.6 is 22.6 Å². The van der Waals surface area contributed by atoms with Crippen LogP contribution in [0.2, 0.25) is 0 Å². The van der Waals surface area contributed by atoms with Crippen molar-refractivity contribution in [2.45, 2.75) is 6.92 Å². The molecule has 0 saturated carbocycles. The number of halogens is 1. The summed E-state index contributed by atoms with van der Waals surface area (Å²) in [5, 5.41) is 9.80. The molecule has 0 bridgehead atoms. The average molecular weight is 386 g/mol. The second-order valence-corrected chi connectivity index (χ2v) is 5.92. The summed E-state index contributed by atoms with van der Waals surface area (Å²) >= 11 is 2.20. The van der Waals surface area contributed by atoms with Crippen LogP contribution in [0.15, 0.2) is 42.6 Å². The third-order valence-corrected chi connectivity index (χ3v) is 4.92. The normalized spacial score (nSPS) is 10.5. The molecule has 102 valence electrons. The Morgan fingerprint density at radius 1 is 1.24 bits per heavy atom. The number of carbonyl (C=O) groups is 1. The quantitative estimate of drug-likeness (QED) is 0.531. The van der Waals surface area contributed by atoms with Gasteiger partial charge in [0.1, 0.15) is 0 Å². The molecule has 0 aliphatic heterocycles. The zero-order valence-electron chi connectivity index (χ0n) is 11.3. The molecular formula is C17H11IN2O. The number of rotatable bonds is 2. The first-order valence-corrected chi connectivity index (χ1v) is 7.50. The maximum absolute atomic E-state index is 12.8. The number of fused-ring (bicyclic) bond motifs is 1. The van der Waals surface area contributed by atoms with Crippen LogP contribution in [-0.2, 0) is 0 Å². The molecular weight excluding hydrogens is 375 g/mol. The molecule has 0 aliphatic rings. The van der Waals surface area contributed by atoms with Gasteiger partial charge in [-0.3, -0.25) is 4.79 Å². The van der Waals surface area contributed by atoms with E-state index in [4.69, 9.17) is 5.26 Å². The van der Waals surface area contributed by atoms with Crippen molar-refractivity contribution in [2.75, 3.05) is 0 Å². The minimum atomic E-state index is -0.0237. The van der Waals surface area contributed by atoms with Gasteiger partial charge in [-0.05, 0) is 59.3 Å². The van der Waals surface area contributed by atoms with Gasteiger partial charge >= 0.3 is 0 Å². The van der Waals surface area contributed by atoms with Crippen molar-refractivity contribution in [1.82, 2.24) is 4.98 Å². The van der Waals surface area contributed by atoms with Gasteiger partial charge in [0.2, 0.25) is 0 Å². The Balaban J connectivity index is 2.18. The van der Waals surface area contributed by atoms with E-state index in [-0.39, 0.29) is 5.78 Å². The van der Waals surface area contributed by atoms with Crippen LogP contribution in [-0.4, -0.2) is 10.8 Å². The summed E-state index contributed by atoms with van der Waals surface area (Å²) in [6, 6.07) is 13.1. The Kier molecular flexibility index (Phi) is 3.52. The Labute approximate surface area is 135 Å². The summed E-state index contributed by atoms with van der Waals surface area (Å²) in [5.41, 5.74) is 3.79. The number of benzene rings is 2. The predicted molar refractivity (Wildman–Crippen MR) is 90.3 cm³/mol. The second-order valence-electron chi connectivity index (χ2n) is 4.84. The first kappa shape index (κ1) is 13.8. The lowest BCUT2D eigenvalue weighted by atomic mass is 10.0. The zero-order chi connectivity index (χ0) is 15.0. The Morgan fingerprint density at radius 2 is 2.05 bits per heavy atom. The van der Waals surface area contributed by atoms with Gasteiger partial charge in [0, 0.05) is 31.8 Å². The number of aromatic amines is 1. The smallest absolute Gasteiger partial charge is 0.196 e. The molecule has 0 fully saturated rings. The van der Waals surface area contributed by atoms with E-state index in [2.05, 4.69) is 33.6 Å². The van der Waals surface area contributed by atoms with E-state index < -0.39 is 0 Å². The van der Waals surface area contributed by atoms with E-state index in [9.17, 15) is 4.79 Å². The lowest BCUT2D eigenvalue weighted by Crippen LogP contribution is -2.04. The van der Waals surface area contributed by atoms with E-state index in [0.717, 1.165) is 20.0 Å². The van der Waals surface area contributed by atoms with Crippen molar-refractivity contribution in [2.24, 2.45) is 0 Å². The summed E-state index contributed by atoms with van der Waals surface area (Å²) in [7, 11) is 0. The van der Waals surface area contributed by atoms with Gasteiger partial charge in [0.15, 0.2) is 5.78 Å². The Hall–Kier alpha value is -2.13. The largest absolute Gasteiger partial charge is 0.360 e. The molecule has 0 spiro atoms. The number of nitrogens with one attached hydrogen (secondary N) is 1. The highest BCUT2D eigenvalue weighted by molar-refractivity contribution is 14.1. The van der Waals surface area contributed by atoms with Crippen LogP contribution in [0, 0.1) is 21.8 Å². The van der Waals surface area contributed by atoms with Gasteiger partial charge in [-0.1, -0.05) is 12.1 Å². The molecule has 0 aliphatic carbocycles. The summed E-state index contributed by atoms with van der Waals surface area (Å²) in [5.74, 6) is -0.0237. The number of hydrogen-bond acceptors (Lipinski definition) is 2. The fraction of sp³-hybridized carbons (Fsp3) is 0.0588. The zero-order valence-corrected chi connectivity index (χ0v) is 13.4. The van der Waals surface area contributed by atoms with Crippen molar-refractivity contribution in [1.29, 1.82) is 5.26 Å². The molecule has 3 rings (SSSR count). The van der Waals surface area contributed by atoms with Gasteiger partial charge in [-0.25, -0.2) is 0 Å². The lowest BCUT2D eigenvalue weighted by molar-refractivity contribution is 0.103. The Bertz CT molecular complexity index is 903. The first-order chi connectivity index (χ1) is 10.1. The molecule has 0 amide bonds. The molecule has 0 radical (unpaired) electrons. The Morgan fingerprint density at radius 3 is 2.81 bits per heavy atom. The average Bonchev–Trinajstić information content (AvgIpc) is 2.92. The first-order valence-electron chi connectivity index (χ1n) is 6.43. The number of carbonyl (C=O) groups excluding carboxylic acids is 1. The number of aryl methyl sites for hydroxylation is 1. The lowest BCUT2D eigenvalue weighted by Gasteiger charge is -2.05. The topological polar surface area (TPSA) is 56.6 Å². The number of nitriles is 1. The van der Waals surface area contributed by atoms with Gasteiger partial charge in [-0.15, -0.1) is 0 Å². The van der Waals surface area contributed by atoms with Crippen LogP contribution < -0.4 is 0 Å². The van der Waals surface area contributed by atoms with Crippen molar-refractivity contribution in [3.05, 3.63) is 68.4 Å². The molecule has 2 aromatic carbocycles. The highest BCUT2D eigenvalue weighted by Crippen LogP contribution is 2.25. The predicted octanol–water partition coefficient (Wildman–Crippen LogP) is 4.18. The van der Waals surface area contributed by atoms with E-state index in [0.29, 0.717) is 16.7 Å². The molecule has 3 nitrogen and oxygen atoms in total. The maximum atomic E-state index is 12.8. The van der Waals surface area contributed by atoms with Gasteiger partial charge in [0.25, 0.3) is 0 Å². The maximum Gasteiger partial charge on any atom is 0.196 e. The van der Waals surface area contributed by atoms with Crippen LogP contribution in [0.25, 0.3) is 10.9 Å². The SMILES string of the molecule is Cc1cccc(C(=O)c2c[nH]c3ccc(C#N)cc23)c1I. The summed E-state index contributed by atoms with van der Waals surface area (Å²) < 4.78 is 0.964. The number of H-pyrrole nitrogens is 1. The minimum Gasteiger partial charge on any atom is -0.360 e. The van der Waals surface area contributed by atoms with Crippen LogP contribution in [0.1, 0.15) is 27.0 Å². The van der Waals surface area contributed by atoms with Gasteiger partial charge in [0.05, 0.1) is 11.6 Å². The van der Waals surface area contributed by atoms with Gasteiger partial charge in [-0.2, -0.15) is 5.26 Å². The standard InChI is InChI=1S/C17H11IN2O/c1-10-3-2-4-12(16(10)18)17(21)14-9-20-15-6-5-11(8-19)7-13(14)15/h2-7,9,20H,1H3. The van der Waals surface area contributed by atoms with E-state index in [1.807, 2.05) is 31.2 Å². The molecule has 0 atom stereocenters. The van der Waals surface area contributed by atoms with E-state index >= 15 is 0 Å². The monoisotopic (exact) mass is 386 g/mol. The molecule has 1 N–H and O–H groups in total. The van der Waals surface area contributed by atoms with Crippen molar-refractivity contribution in [3.63, 3.8) is 0 Å². The number of aromatic nitrogens is 1. The molecule has 0 saturated heterocycles. The molecule has 4 heteroatoms. The van der Waals surface area contributed by atoms with Crippen LogP contribution in [0.4, 0.5) is 0 Å². The van der Waals surface area contributed by atoms with E-state index in [1.165, 1.54) is 0 Å². The summed E-state index contributed by atoms with van der Waals surface area (Å²) in [4.78, 5) is 15.9. The highest BCUT2D eigenvalue weighted by atomic mass is 127. The summed E-state index contributed by atoms with van der Waals surface area (Å²) in [6.45, 7) is 1.99. The molecule has 0 unspecified atom stereocenters. The molecule has 1 heterocycles. The third kappa shape index (κ3) is 2.34. The number of ketones is 1. The van der Waals surface area contributed by atoms with Crippen LogP contribution in [0.5, 0.6) is 0 Å². The highest BCUT2D eigenvalue weighted by Gasteiger charge is 2.17. The molecule has 1 aromatic heterocycles. The fourth-order valence-corrected chi connectivity index (χ4v) is 2.95.